The number of benzene rings is 1. The number of pyridine rings is 2. The standard InChI is InChI=1S/C22H23FN6O/c1-3-24-15-6-7-29(12-15)16-8-13-4-5-18(26-22(13)25-10-16)17-9-14-11-28(2)27-20(14)19(23)21(17)30/h4-5,8-11,15,24,30H,3,6-7,12H2,1-2H3. The van der Waals surface area contributed by atoms with Crippen molar-refractivity contribution in [1.29, 1.82) is 0 Å². The quantitative estimate of drug-likeness (QED) is 0.542. The third-order valence-corrected chi connectivity index (χ3v) is 5.68. The Hall–Kier alpha value is -3.26. The van der Waals surface area contributed by atoms with E-state index in [2.05, 4.69) is 38.3 Å². The average molecular weight is 406 g/mol. The third kappa shape index (κ3) is 3.13. The highest BCUT2D eigenvalue weighted by Gasteiger charge is 2.22. The minimum absolute atomic E-state index is 0.142. The van der Waals surface area contributed by atoms with Crippen LogP contribution in [0.15, 0.2) is 36.7 Å². The van der Waals surface area contributed by atoms with E-state index in [-0.39, 0.29) is 5.52 Å². The summed E-state index contributed by atoms with van der Waals surface area (Å²) >= 11 is 0. The second kappa shape index (κ2) is 7.21. The maximum Gasteiger partial charge on any atom is 0.193 e. The number of aryl methyl sites for hydroxylation is 1. The van der Waals surface area contributed by atoms with Crippen molar-refractivity contribution in [1.82, 2.24) is 25.1 Å². The number of halogens is 1. The van der Waals surface area contributed by atoms with Crippen LogP contribution in [0, 0.1) is 5.82 Å². The zero-order valence-corrected chi connectivity index (χ0v) is 16.9. The predicted octanol–water partition coefficient (Wildman–Crippen LogP) is 3.22. The first-order valence-corrected chi connectivity index (χ1v) is 10.1. The summed E-state index contributed by atoms with van der Waals surface area (Å²) in [5, 5.41) is 19.5. The van der Waals surface area contributed by atoms with Gasteiger partial charge in [-0.25, -0.2) is 14.4 Å². The lowest BCUT2D eigenvalue weighted by molar-refractivity contribution is 0.437. The molecule has 1 fully saturated rings. The second-order valence-electron chi connectivity index (χ2n) is 7.75. The minimum Gasteiger partial charge on any atom is -0.504 e. The fourth-order valence-electron chi connectivity index (χ4n) is 4.20. The molecule has 0 radical (unpaired) electrons. The summed E-state index contributed by atoms with van der Waals surface area (Å²) < 4.78 is 16.1. The monoisotopic (exact) mass is 406 g/mol. The molecule has 0 amide bonds. The van der Waals surface area contributed by atoms with E-state index in [0.29, 0.717) is 28.3 Å². The Balaban J connectivity index is 1.50. The number of aromatic hydroxyl groups is 1. The molecule has 1 unspecified atom stereocenters. The van der Waals surface area contributed by atoms with E-state index >= 15 is 0 Å². The number of phenolic OH excluding ortho intramolecular Hbond substituents is 1. The van der Waals surface area contributed by atoms with Crippen LogP contribution in [0.2, 0.25) is 0 Å². The Labute approximate surface area is 173 Å². The summed E-state index contributed by atoms with van der Waals surface area (Å²) in [7, 11) is 1.72. The van der Waals surface area contributed by atoms with Gasteiger partial charge in [0.05, 0.1) is 17.6 Å². The van der Waals surface area contributed by atoms with Crippen molar-refractivity contribution in [3.63, 3.8) is 0 Å². The first-order chi connectivity index (χ1) is 14.5. The molecule has 5 rings (SSSR count). The van der Waals surface area contributed by atoms with Gasteiger partial charge in [-0.05, 0) is 37.2 Å². The van der Waals surface area contributed by atoms with Crippen LogP contribution in [0.1, 0.15) is 13.3 Å². The van der Waals surface area contributed by atoms with Crippen LogP contribution in [0.5, 0.6) is 5.75 Å². The van der Waals surface area contributed by atoms with Gasteiger partial charge in [0.1, 0.15) is 5.52 Å². The number of aromatic nitrogens is 4. The fourth-order valence-corrected chi connectivity index (χ4v) is 4.20. The number of anilines is 1. The lowest BCUT2D eigenvalue weighted by Crippen LogP contribution is -2.32. The molecule has 0 saturated carbocycles. The summed E-state index contributed by atoms with van der Waals surface area (Å²) in [5.41, 5.74) is 2.57. The zero-order chi connectivity index (χ0) is 20.8. The number of nitrogens with one attached hydrogen (secondary N) is 1. The average Bonchev–Trinajstić information content (AvgIpc) is 3.36. The minimum atomic E-state index is -0.738. The first-order valence-electron chi connectivity index (χ1n) is 10.1. The molecule has 1 atom stereocenters. The lowest BCUT2D eigenvalue weighted by atomic mass is 10.1. The number of nitrogens with zero attached hydrogens (tertiary/aromatic N) is 5. The Morgan fingerprint density at radius 3 is 2.97 bits per heavy atom. The molecule has 1 saturated heterocycles. The molecule has 4 heterocycles. The summed E-state index contributed by atoms with van der Waals surface area (Å²) in [5.74, 6) is -1.19. The van der Waals surface area contributed by atoms with E-state index < -0.39 is 11.6 Å². The lowest BCUT2D eigenvalue weighted by Gasteiger charge is -2.19. The van der Waals surface area contributed by atoms with Crippen LogP contribution < -0.4 is 10.2 Å². The van der Waals surface area contributed by atoms with Gasteiger partial charge in [-0.1, -0.05) is 6.92 Å². The van der Waals surface area contributed by atoms with Gasteiger partial charge in [-0.3, -0.25) is 4.68 Å². The van der Waals surface area contributed by atoms with Gasteiger partial charge < -0.3 is 15.3 Å². The van der Waals surface area contributed by atoms with E-state index in [4.69, 9.17) is 0 Å². The first kappa shape index (κ1) is 18.7. The van der Waals surface area contributed by atoms with Crippen molar-refractivity contribution in [2.24, 2.45) is 7.05 Å². The van der Waals surface area contributed by atoms with Crippen molar-refractivity contribution >= 4 is 27.6 Å². The van der Waals surface area contributed by atoms with Crippen LogP contribution in [-0.2, 0) is 7.05 Å². The smallest absolute Gasteiger partial charge is 0.193 e. The highest BCUT2D eigenvalue weighted by Crippen LogP contribution is 2.36. The van der Waals surface area contributed by atoms with Crippen molar-refractivity contribution in [2.45, 2.75) is 19.4 Å². The molecule has 154 valence electrons. The molecule has 0 aliphatic carbocycles. The van der Waals surface area contributed by atoms with Crippen LogP contribution >= 0.6 is 0 Å². The number of hydrogen-bond acceptors (Lipinski definition) is 6. The molecule has 8 heteroatoms. The predicted molar refractivity (Wildman–Crippen MR) is 115 cm³/mol. The van der Waals surface area contributed by atoms with Crippen LogP contribution in [0.3, 0.4) is 0 Å². The van der Waals surface area contributed by atoms with Gasteiger partial charge in [-0.2, -0.15) is 5.10 Å². The molecule has 1 aliphatic heterocycles. The normalized spacial score (nSPS) is 16.8. The zero-order valence-electron chi connectivity index (χ0n) is 16.9. The SMILES string of the molecule is CCNC1CCN(c2cnc3nc(-c4cc5cn(C)nc5c(F)c4O)ccc3c2)C1. The maximum absolute atomic E-state index is 14.6. The molecular weight excluding hydrogens is 383 g/mol. The van der Waals surface area contributed by atoms with E-state index in [1.165, 1.54) is 4.68 Å². The summed E-state index contributed by atoms with van der Waals surface area (Å²) in [6, 6.07) is 7.99. The molecule has 30 heavy (non-hydrogen) atoms. The molecule has 7 nitrogen and oxygen atoms in total. The molecule has 0 bridgehead atoms. The number of rotatable bonds is 4. The van der Waals surface area contributed by atoms with Crippen molar-refractivity contribution < 1.29 is 9.50 Å². The highest BCUT2D eigenvalue weighted by atomic mass is 19.1. The topological polar surface area (TPSA) is 79.1 Å². The molecule has 4 aromatic rings. The van der Waals surface area contributed by atoms with Gasteiger partial charge in [0.15, 0.2) is 17.2 Å². The van der Waals surface area contributed by atoms with Gasteiger partial charge in [0, 0.05) is 48.7 Å². The Morgan fingerprint density at radius 2 is 2.13 bits per heavy atom. The Kier molecular flexibility index (Phi) is 4.51. The van der Waals surface area contributed by atoms with Crippen LogP contribution in [0.4, 0.5) is 10.1 Å². The maximum atomic E-state index is 14.6. The third-order valence-electron chi connectivity index (χ3n) is 5.68. The summed E-state index contributed by atoms with van der Waals surface area (Å²) in [4.78, 5) is 11.4. The fraction of sp³-hybridized carbons (Fsp3) is 0.318. The Bertz CT molecular complexity index is 1250. The summed E-state index contributed by atoms with van der Waals surface area (Å²) in [6.45, 7) is 5.05. The van der Waals surface area contributed by atoms with E-state index in [1.54, 1.807) is 25.4 Å². The molecule has 1 aromatic carbocycles. The molecule has 1 aliphatic rings. The second-order valence-corrected chi connectivity index (χ2v) is 7.75. The largest absolute Gasteiger partial charge is 0.504 e. The number of phenols is 1. The molecule has 2 N–H and O–H groups in total. The van der Waals surface area contributed by atoms with Gasteiger partial charge in [0.2, 0.25) is 0 Å². The van der Waals surface area contributed by atoms with Gasteiger partial charge in [0.25, 0.3) is 0 Å². The molecule has 0 spiro atoms. The van der Waals surface area contributed by atoms with Crippen LogP contribution in [-0.4, -0.2) is 50.5 Å². The molecule has 3 aromatic heterocycles. The van der Waals surface area contributed by atoms with E-state index in [9.17, 15) is 9.50 Å². The van der Waals surface area contributed by atoms with Gasteiger partial charge in [-0.15, -0.1) is 0 Å². The highest BCUT2D eigenvalue weighted by molar-refractivity contribution is 5.89. The van der Waals surface area contributed by atoms with Gasteiger partial charge >= 0.3 is 0 Å². The molecular formula is C22H23FN6O. The van der Waals surface area contributed by atoms with Crippen LogP contribution in [0.25, 0.3) is 33.2 Å². The number of fused-ring (bicyclic) bond motifs is 2. The Morgan fingerprint density at radius 1 is 1.27 bits per heavy atom. The number of likely N-dealkylation sites (N-methyl/N-ethyl adjacent to an activating group) is 1. The van der Waals surface area contributed by atoms with Crippen molar-refractivity contribution in [2.75, 3.05) is 24.5 Å². The summed E-state index contributed by atoms with van der Waals surface area (Å²) in [6.07, 6.45) is 4.66. The van der Waals surface area contributed by atoms with Crippen molar-refractivity contribution in [3.05, 3.63) is 42.5 Å². The van der Waals surface area contributed by atoms with Crippen molar-refractivity contribution in [3.8, 4) is 17.0 Å². The van der Waals surface area contributed by atoms with E-state index in [1.807, 2.05) is 12.3 Å². The number of hydrogen-bond donors (Lipinski definition) is 2. The van der Waals surface area contributed by atoms with E-state index in [0.717, 1.165) is 37.1 Å².